The van der Waals surface area contributed by atoms with E-state index in [1.807, 2.05) is 24.3 Å². The van der Waals surface area contributed by atoms with Gasteiger partial charge in [-0.25, -0.2) is 4.79 Å². The molecule has 2 heterocycles. The highest BCUT2D eigenvalue weighted by atomic mass is 16.5. The van der Waals surface area contributed by atoms with Gasteiger partial charge in [-0.15, -0.1) is 0 Å². The third-order valence-electron chi connectivity index (χ3n) is 3.58. The molecule has 1 unspecified atom stereocenters. The lowest BCUT2D eigenvalue weighted by atomic mass is 10.1. The summed E-state index contributed by atoms with van der Waals surface area (Å²) in [6, 6.07) is 8.94. The highest BCUT2D eigenvalue weighted by Gasteiger charge is 2.28. The van der Waals surface area contributed by atoms with Crippen molar-refractivity contribution in [2.24, 2.45) is 0 Å². The van der Waals surface area contributed by atoms with Crippen molar-refractivity contribution in [3.8, 4) is 5.75 Å². The van der Waals surface area contributed by atoms with Crippen molar-refractivity contribution in [2.45, 2.75) is 26.0 Å². The Hall–Kier alpha value is -2.76. The van der Waals surface area contributed by atoms with E-state index in [9.17, 15) is 9.59 Å². The lowest BCUT2D eigenvalue weighted by Crippen LogP contribution is -2.36. The van der Waals surface area contributed by atoms with Crippen LogP contribution in [-0.4, -0.2) is 23.1 Å². The maximum Gasteiger partial charge on any atom is 0.339 e. The summed E-state index contributed by atoms with van der Waals surface area (Å²) in [4.78, 5) is 23.1. The fourth-order valence-corrected chi connectivity index (χ4v) is 2.46. The molecule has 22 heavy (non-hydrogen) atoms. The number of nitrogens with one attached hydrogen (secondary N) is 1. The predicted octanol–water partition coefficient (Wildman–Crippen LogP) is 1.91. The maximum absolute atomic E-state index is 12.1. The number of carbonyl (C=O) groups excluding carboxylic acids is 1. The molecule has 0 radical (unpaired) electrons. The van der Waals surface area contributed by atoms with Gasteiger partial charge in [0.25, 0.3) is 5.91 Å². The van der Waals surface area contributed by atoms with Crippen LogP contribution in [0.3, 0.4) is 0 Å². The van der Waals surface area contributed by atoms with Crippen molar-refractivity contribution in [2.75, 3.05) is 0 Å². The molecule has 0 saturated heterocycles. The first kappa shape index (κ1) is 14.2. The van der Waals surface area contributed by atoms with Crippen LogP contribution < -0.4 is 10.1 Å². The second kappa shape index (κ2) is 5.55. The smallest absolute Gasteiger partial charge is 0.339 e. The standard InChI is InChI=1S/C16H15NO5/c1-9-12(16(19)20)7-11(21-9)8-17-15(18)14-6-10-4-2-3-5-13(10)22-14/h2-5,7,14H,6,8H2,1H3,(H,17,18)(H,19,20). The van der Waals surface area contributed by atoms with Crippen molar-refractivity contribution in [1.82, 2.24) is 5.32 Å². The molecule has 0 aliphatic carbocycles. The Labute approximate surface area is 126 Å². The third kappa shape index (κ3) is 2.67. The molecule has 2 aromatic rings. The fourth-order valence-electron chi connectivity index (χ4n) is 2.46. The Morgan fingerprint density at radius 3 is 2.82 bits per heavy atom. The fraction of sp³-hybridized carbons (Fsp3) is 0.250. The first-order valence-corrected chi connectivity index (χ1v) is 6.89. The van der Waals surface area contributed by atoms with Crippen LogP contribution in [0.25, 0.3) is 0 Å². The van der Waals surface area contributed by atoms with Crippen molar-refractivity contribution < 1.29 is 23.8 Å². The van der Waals surface area contributed by atoms with Crippen LogP contribution in [-0.2, 0) is 17.8 Å². The molecule has 6 nitrogen and oxygen atoms in total. The molecule has 3 rings (SSSR count). The predicted molar refractivity (Wildman–Crippen MR) is 76.8 cm³/mol. The summed E-state index contributed by atoms with van der Waals surface area (Å²) in [5, 5.41) is 11.7. The Balaban J connectivity index is 1.60. The van der Waals surface area contributed by atoms with Crippen molar-refractivity contribution in [3.05, 3.63) is 53.0 Å². The zero-order chi connectivity index (χ0) is 15.7. The first-order valence-electron chi connectivity index (χ1n) is 6.89. The van der Waals surface area contributed by atoms with E-state index in [2.05, 4.69) is 5.32 Å². The van der Waals surface area contributed by atoms with Gasteiger partial charge in [-0.05, 0) is 24.6 Å². The highest BCUT2D eigenvalue weighted by molar-refractivity contribution is 5.89. The van der Waals surface area contributed by atoms with Gasteiger partial charge in [0.05, 0.1) is 6.54 Å². The minimum atomic E-state index is -1.05. The number of aromatic carboxylic acids is 1. The number of para-hydroxylation sites is 1. The molecule has 0 fully saturated rings. The molecular weight excluding hydrogens is 286 g/mol. The molecule has 1 amide bonds. The number of carboxylic acid groups (broad SMARTS) is 1. The number of ether oxygens (including phenoxy) is 1. The number of aryl methyl sites for hydroxylation is 1. The molecule has 114 valence electrons. The lowest BCUT2D eigenvalue weighted by molar-refractivity contribution is -0.127. The SMILES string of the molecule is Cc1oc(CNC(=O)C2Cc3ccccc3O2)cc1C(=O)O. The summed E-state index contributed by atoms with van der Waals surface area (Å²) in [6.07, 6.45) is -0.0352. The number of carbonyl (C=O) groups is 2. The van der Waals surface area contributed by atoms with Crippen LogP contribution in [0, 0.1) is 6.92 Å². The molecule has 6 heteroatoms. The number of hydrogen-bond acceptors (Lipinski definition) is 4. The van der Waals surface area contributed by atoms with E-state index in [-0.39, 0.29) is 18.0 Å². The largest absolute Gasteiger partial charge is 0.480 e. The van der Waals surface area contributed by atoms with Gasteiger partial charge >= 0.3 is 5.97 Å². The van der Waals surface area contributed by atoms with Gasteiger partial charge in [0.1, 0.15) is 22.8 Å². The van der Waals surface area contributed by atoms with Gasteiger partial charge in [-0.2, -0.15) is 0 Å². The second-order valence-electron chi connectivity index (χ2n) is 5.12. The summed E-state index contributed by atoms with van der Waals surface area (Å²) in [6.45, 7) is 1.70. The minimum absolute atomic E-state index is 0.105. The van der Waals surface area contributed by atoms with E-state index in [1.165, 1.54) is 6.07 Å². The van der Waals surface area contributed by atoms with Gasteiger partial charge in [-0.1, -0.05) is 18.2 Å². The van der Waals surface area contributed by atoms with Crippen LogP contribution in [0.2, 0.25) is 0 Å². The Morgan fingerprint density at radius 1 is 1.36 bits per heavy atom. The van der Waals surface area contributed by atoms with Crippen molar-refractivity contribution in [1.29, 1.82) is 0 Å². The van der Waals surface area contributed by atoms with Gasteiger partial charge in [0.15, 0.2) is 6.10 Å². The van der Waals surface area contributed by atoms with E-state index < -0.39 is 12.1 Å². The van der Waals surface area contributed by atoms with E-state index in [4.69, 9.17) is 14.3 Å². The van der Waals surface area contributed by atoms with Crippen LogP contribution in [0.4, 0.5) is 0 Å². The Morgan fingerprint density at radius 2 is 2.14 bits per heavy atom. The molecule has 1 aliphatic heterocycles. The number of carboxylic acids is 1. The topological polar surface area (TPSA) is 88.8 Å². The van der Waals surface area contributed by atoms with E-state index in [0.29, 0.717) is 17.9 Å². The van der Waals surface area contributed by atoms with Crippen LogP contribution in [0.15, 0.2) is 34.7 Å². The van der Waals surface area contributed by atoms with Gasteiger partial charge in [0, 0.05) is 6.42 Å². The third-order valence-corrected chi connectivity index (χ3v) is 3.58. The number of rotatable bonds is 4. The van der Waals surface area contributed by atoms with Crippen molar-refractivity contribution in [3.63, 3.8) is 0 Å². The average molecular weight is 301 g/mol. The molecule has 1 aromatic heterocycles. The number of hydrogen-bond donors (Lipinski definition) is 2. The summed E-state index contributed by atoms with van der Waals surface area (Å²) >= 11 is 0. The molecule has 1 atom stereocenters. The van der Waals surface area contributed by atoms with E-state index in [0.717, 1.165) is 11.3 Å². The van der Waals surface area contributed by atoms with E-state index >= 15 is 0 Å². The second-order valence-corrected chi connectivity index (χ2v) is 5.12. The molecule has 0 bridgehead atoms. The Bertz CT molecular complexity index is 709. The summed E-state index contributed by atoms with van der Waals surface area (Å²) in [5.41, 5.74) is 1.11. The zero-order valence-corrected chi connectivity index (χ0v) is 12.0. The average Bonchev–Trinajstić information content (AvgIpc) is 3.08. The van der Waals surface area contributed by atoms with Crippen molar-refractivity contribution >= 4 is 11.9 Å². The van der Waals surface area contributed by atoms with Gasteiger partial charge in [0.2, 0.25) is 0 Å². The molecule has 2 N–H and O–H groups in total. The summed E-state index contributed by atoms with van der Waals surface area (Å²) in [5.74, 6) is 0.153. The highest BCUT2D eigenvalue weighted by Crippen LogP contribution is 2.28. The number of fused-ring (bicyclic) bond motifs is 1. The summed E-state index contributed by atoms with van der Waals surface area (Å²) in [7, 11) is 0. The first-order chi connectivity index (χ1) is 10.5. The quantitative estimate of drug-likeness (QED) is 0.900. The number of furan rings is 1. The van der Waals surface area contributed by atoms with Crippen LogP contribution in [0.1, 0.15) is 27.4 Å². The monoisotopic (exact) mass is 301 g/mol. The maximum atomic E-state index is 12.1. The number of amides is 1. The molecule has 0 spiro atoms. The van der Waals surface area contributed by atoms with Crippen LogP contribution >= 0.6 is 0 Å². The molecular formula is C16H15NO5. The van der Waals surface area contributed by atoms with E-state index in [1.54, 1.807) is 6.92 Å². The normalized spacial score (nSPS) is 16.0. The van der Waals surface area contributed by atoms with Gasteiger partial charge < -0.3 is 19.6 Å². The minimum Gasteiger partial charge on any atom is -0.480 e. The van der Waals surface area contributed by atoms with Crippen LogP contribution in [0.5, 0.6) is 5.75 Å². The van der Waals surface area contributed by atoms with Gasteiger partial charge in [-0.3, -0.25) is 4.79 Å². The summed E-state index contributed by atoms with van der Waals surface area (Å²) < 4.78 is 10.9. The molecule has 0 saturated carbocycles. The molecule has 1 aliphatic rings. The lowest BCUT2D eigenvalue weighted by Gasteiger charge is -2.10. The zero-order valence-electron chi connectivity index (χ0n) is 12.0. The number of benzene rings is 1. The molecule has 1 aromatic carbocycles. The Kier molecular flexibility index (Phi) is 3.58.